The lowest BCUT2D eigenvalue weighted by molar-refractivity contribution is 0.0590. The Morgan fingerprint density at radius 2 is 1.79 bits per heavy atom. The summed E-state index contributed by atoms with van der Waals surface area (Å²) in [5.41, 5.74) is 0. The molecular weight excluding hydrogens is 308 g/mol. The highest BCUT2D eigenvalue weighted by molar-refractivity contribution is 5.91. The third-order valence-electron chi connectivity index (χ3n) is 4.13. The lowest BCUT2D eigenvalue weighted by Gasteiger charge is -2.34. The number of benzene rings is 1. The Kier molecular flexibility index (Phi) is 5.38. The largest absolute Gasteiger partial charge is 0.497 e. The van der Waals surface area contributed by atoms with Gasteiger partial charge in [-0.15, -0.1) is 0 Å². The molecule has 1 amide bonds. The summed E-state index contributed by atoms with van der Waals surface area (Å²) in [5, 5.41) is 0. The Hall–Kier alpha value is -2.47. The smallest absolute Gasteiger partial charge is 0.289 e. The summed E-state index contributed by atoms with van der Waals surface area (Å²) in [4.78, 5) is 16.3. The van der Waals surface area contributed by atoms with Gasteiger partial charge in [0.15, 0.2) is 5.76 Å². The van der Waals surface area contributed by atoms with Gasteiger partial charge < -0.3 is 18.8 Å². The van der Waals surface area contributed by atoms with Crippen LogP contribution in [0.1, 0.15) is 10.6 Å². The van der Waals surface area contributed by atoms with Gasteiger partial charge in [-0.3, -0.25) is 9.69 Å². The van der Waals surface area contributed by atoms with Crippen molar-refractivity contribution in [1.29, 1.82) is 0 Å². The van der Waals surface area contributed by atoms with Gasteiger partial charge >= 0.3 is 0 Å². The number of furan rings is 1. The molecule has 0 saturated carbocycles. The molecule has 2 heterocycles. The zero-order chi connectivity index (χ0) is 16.8. The highest BCUT2D eigenvalue weighted by Crippen LogP contribution is 2.17. The normalized spacial score (nSPS) is 15.3. The van der Waals surface area contributed by atoms with Gasteiger partial charge in [-0.2, -0.15) is 0 Å². The van der Waals surface area contributed by atoms with Crippen molar-refractivity contribution in [3.8, 4) is 11.5 Å². The number of carbonyl (C=O) groups is 1. The highest BCUT2D eigenvalue weighted by Gasteiger charge is 2.23. The van der Waals surface area contributed by atoms with Crippen molar-refractivity contribution in [3.05, 3.63) is 48.4 Å². The summed E-state index contributed by atoms with van der Waals surface area (Å²) < 4.78 is 16.0. The Bertz CT molecular complexity index is 632. The molecule has 0 atom stereocenters. The molecule has 0 spiro atoms. The molecule has 0 unspecified atom stereocenters. The van der Waals surface area contributed by atoms with E-state index in [1.807, 2.05) is 29.2 Å². The number of piperazine rings is 1. The Morgan fingerprint density at radius 1 is 1.08 bits per heavy atom. The van der Waals surface area contributed by atoms with E-state index in [-0.39, 0.29) is 5.91 Å². The Balaban J connectivity index is 1.38. The maximum Gasteiger partial charge on any atom is 0.289 e. The molecule has 0 N–H and O–H groups in total. The minimum absolute atomic E-state index is 0.0332. The number of hydrogen-bond donors (Lipinski definition) is 0. The SMILES string of the molecule is COc1ccc(OCCN2CCN(C(=O)c3ccco3)CC2)cc1. The molecule has 1 saturated heterocycles. The van der Waals surface area contributed by atoms with E-state index in [9.17, 15) is 4.79 Å². The van der Waals surface area contributed by atoms with Crippen LogP contribution in [0, 0.1) is 0 Å². The number of carbonyl (C=O) groups excluding carboxylic acids is 1. The minimum Gasteiger partial charge on any atom is -0.497 e. The molecule has 2 aromatic rings. The van der Waals surface area contributed by atoms with Crippen LogP contribution in [0.3, 0.4) is 0 Å². The monoisotopic (exact) mass is 330 g/mol. The average Bonchev–Trinajstić information content (AvgIpc) is 3.17. The van der Waals surface area contributed by atoms with Crippen molar-refractivity contribution in [2.45, 2.75) is 0 Å². The lowest BCUT2D eigenvalue weighted by atomic mass is 10.3. The molecule has 1 aromatic heterocycles. The molecule has 1 fully saturated rings. The number of nitrogens with zero attached hydrogens (tertiary/aromatic N) is 2. The van der Waals surface area contributed by atoms with E-state index < -0.39 is 0 Å². The number of amides is 1. The maximum absolute atomic E-state index is 12.2. The van der Waals surface area contributed by atoms with Crippen LogP contribution in [0.15, 0.2) is 47.1 Å². The standard InChI is InChI=1S/C18H22N2O4/c1-22-15-4-6-16(7-5-15)23-14-12-19-8-10-20(11-9-19)18(21)17-3-2-13-24-17/h2-7,13H,8-12,14H2,1H3. The third kappa shape index (κ3) is 4.08. The van der Waals surface area contributed by atoms with Gasteiger partial charge in [0.05, 0.1) is 13.4 Å². The first-order chi connectivity index (χ1) is 11.8. The van der Waals surface area contributed by atoms with Gasteiger partial charge in [-0.05, 0) is 36.4 Å². The fourth-order valence-electron chi connectivity index (χ4n) is 2.70. The topological polar surface area (TPSA) is 55.2 Å². The molecule has 1 aliphatic heterocycles. The van der Waals surface area contributed by atoms with Crippen LogP contribution in [0.4, 0.5) is 0 Å². The van der Waals surface area contributed by atoms with Crippen molar-refractivity contribution >= 4 is 5.91 Å². The predicted molar refractivity (Wildman–Crippen MR) is 89.5 cm³/mol. The van der Waals surface area contributed by atoms with E-state index in [0.717, 1.165) is 31.1 Å². The quantitative estimate of drug-likeness (QED) is 0.812. The van der Waals surface area contributed by atoms with Crippen LogP contribution >= 0.6 is 0 Å². The van der Waals surface area contributed by atoms with Gasteiger partial charge in [0, 0.05) is 32.7 Å². The van der Waals surface area contributed by atoms with Gasteiger partial charge in [0.25, 0.3) is 5.91 Å². The van der Waals surface area contributed by atoms with Crippen LogP contribution in [0.2, 0.25) is 0 Å². The molecule has 1 aromatic carbocycles. The van der Waals surface area contributed by atoms with Crippen LogP contribution in [-0.4, -0.2) is 62.1 Å². The molecule has 128 valence electrons. The van der Waals surface area contributed by atoms with E-state index in [0.29, 0.717) is 25.5 Å². The molecule has 6 heteroatoms. The first-order valence-electron chi connectivity index (χ1n) is 8.08. The first-order valence-corrected chi connectivity index (χ1v) is 8.08. The number of rotatable bonds is 6. The molecule has 0 radical (unpaired) electrons. The summed E-state index contributed by atoms with van der Waals surface area (Å²) in [5.74, 6) is 2.03. The summed E-state index contributed by atoms with van der Waals surface area (Å²) >= 11 is 0. The minimum atomic E-state index is -0.0332. The lowest BCUT2D eigenvalue weighted by Crippen LogP contribution is -2.49. The highest BCUT2D eigenvalue weighted by atomic mass is 16.5. The third-order valence-corrected chi connectivity index (χ3v) is 4.13. The van der Waals surface area contributed by atoms with Crippen LogP contribution in [0.5, 0.6) is 11.5 Å². The summed E-state index contributed by atoms with van der Waals surface area (Å²) in [7, 11) is 1.64. The average molecular weight is 330 g/mol. The summed E-state index contributed by atoms with van der Waals surface area (Å²) in [6.07, 6.45) is 1.53. The van der Waals surface area contributed by atoms with Crippen LogP contribution in [-0.2, 0) is 0 Å². The van der Waals surface area contributed by atoms with Crippen molar-refractivity contribution in [1.82, 2.24) is 9.80 Å². The number of methoxy groups -OCH3 is 1. The van der Waals surface area contributed by atoms with E-state index in [2.05, 4.69) is 4.90 Å². The fourth-order valence-corrected chi connectivity index (χ4v) is 2.70. The van der Waals surface area contributed by atoms with Crippen molar-refractivity contribution in [3.63, 3.8) is 0 Å². The second kappa shape index (κ2) is 7.88. The van der Waals surface area contributed by atoms with Crippen molar-refractivity contribution < 1.29 is 18.7 Å². The number of hydrogen-bond acceptors (Lipinski definition) is 5. The predicted octanol–water partition coefficient (Wildman–Crippen LogP) is 2.12. The van der Waals surface area contributed by atoms with Gasteiger partial charge in [-0.25, -0.2) is 0 Å². The van der Waals surface area contributed by atoms with Gasteiger partial charge in [0.1, 0.15) is 18.1 Å². The molecule has 6 nitrogen and oxygen atoms in total. The molecule has 3 rings (SSSR count). The first kappa shape index (κ1) is 16.4. The summed E-state index contributed by atoms with van der Waals surface area (Å²) in [6, 6.07) is 11.0. The zero-order valence-corrected chi connectivity index (χ0v) is 13.8. The van der Waals surface area contributed by atoms with Crippen LogP contribution < -0.4 is 9.47 Å². The second-order valence-electron chi connectivity index (χ2n) is 5.64. The van der Waals surface area contributed by atoms with E-state index in [1.165, 1.54) is 6.26 Å². The van der Waals surface area contributed by atoms with E-state index in [4.69, 9.17) is 13.9 Å². The van der Waals surface area contributed by atoms with Crippen molar-refractivity contribution in [2.75, 3.05) is 46.4 Å². The Morgan fingerprint density at radius 3 is 2.42 bits per heavy atom. The zero-order valence-electron chi connectivity index (χ0n) is 13.8. The van der Waals surface area contributed by atoms with Crippen LogP contribution in [0.25, 0.3) is 0 Å². The fraction of sp³-hybridized carbons (Fsp3) is 0.389. The second-order valence-corrected chi connectivity index (χ2v) is 5.64. The Labute approximate surface area is 141 Å². The van der Waals surface area contributed by atoms with E-state index in [1.54, 1.807) is 19.2 Å². The maximum atomic E-state index is 12.2. The summed E-state index contributed by atoms with van der Waals surface area (Å²) in [6.45, 7) is 4.58. The van der Waals surface area contributed by atoms with E-state index >= 15 is 0 Å². The van der Waals surface area contributed by atoms with Gasteiger partial charge in [-0.1, -0.05) is 0 Å². The molecule has 1 aliphatic rings. The molecule has 0 bridgehead atoms. The van der Waals surface area contributed by atoms with Crippen molar-refractivity contribution in [2.24, 2.45) is 0 Å². The number of ether oxygens (including phenoxy) is 2. The van der Waals surface area contributed by atoms with Gasteiger partial charge in [0.2, 0.25) is 0 Å². The molecule has 24 heavy (non-hydrogen) atoms. The molecular formula is C18H22N2O4. The molecule has 0 aliphatic carbocycles.